The topological polar surface area (TPSA) is 64.1 Å². The molecule has 1 unspecified atom stereocenters. The average molecular weight is 535 g/mol. The normalized spacial score (nSPS) is 12.6. The van der Waals surface area contributed by atoms with Crippen molar-refractivity contribution in [1.82, 2.24) is 0 Å². The van der Waals surface area contributed by atoms with Gasteiger partial charge in [0.1, 0.15) is 24.6 Å². The summed E-state index contributed by atoms with van der Waals surface area (Å²) in [6.45, 7) is 0.680. The number of para-hydroxylation sites is 1. The molecule has 176 valence electrons. The number of ether oxygens (including phenoxy) is 1. The minimum absolute atomic E-state index is 0.0330. The summed E-state index contributed by atoms with van der Waals surface area (Å²) in [5, 5.41) is 10.3. The summed E-state index contributed by atoms with van der Waals surface area (Å²) in [6.07, 6.45) is -5.00. The van der Waals surface area contributed by atoms with Gasteiger partial charge in [0.15, 0.2) is 5.58 Å². The molecule has 0 aliphatic rings. The molecule has 1 aromatic heterocycles. The first-order chi connectivity index (χ1) is 16.1. The van der Waals surface area contributed by atoms with E-state index in [0.717, 1.165) is 10.5 Å². The molecule has 1 atom stereocenters. The Morgan fingerprint density at radius 1 is 1.00 bits per heavy atom. The van der Waals surface area contributed by atoms with Crippen LogP contribution in [0.5, 0.6) is 17.2 Å². The summed E-state index contributed by atoms with van der Waals surface area (Å²) in [5.74, 6) is -2.75. The number of alkyl halides is 3. The Hall–Kier alpha value is -3.30. The zero-order chi connectivity index (χ0) is 24.5. The number of benzene rings is 3. The Morgan fingerprint density at radius 2 is 1.68 bits per heavy atom. The summed E-state index contributed by atoms with van der Waals surface area (Å²) < 4.78 is 52.9. The second-order valence-corrected chi connectivity index (χ2v) is 8.71. The highest BCUT2D eigenvalue weighted by Gasteiger charge is 2.41. The number of fused-ring (bicyclic) bond motifs is 1. The molecular formula is C25H20BrF3NO4+. The van der Waals surface area contributed by atoms with Crippen molar-refractivity contribution in [3.63, 3.8) is 0 Å². The van der Waals surface area contributed by atoms with E-state index in [4.69, 9.17) is 9.15 Å². The van der Waals surface area contributed by atoms with Gasteiger partial charge in [-0.3, -0.25) is 4.79 Å². The molecule has 0 saturated heterocycles. The van der Waals surface area contributed by atoms with E-state index in [1.165, 1.54) is 18.2 Å². The number of hydrogen-bond acceptors (Lipinski definition) is 4. The first kappa shape index (κ1) is 23.8. The Kier molecular flexibility index (Phi) is 6.67. The maximum absolute atomic E-state index is 13.9. The summed E-state index contributed by atoms with van der Waals surface area (Å²) in [5.41, 5.74) is -0.169. The third-order valence-corrected chi connectivity index (χ3v) is 5.89. The van der Waals surface area contributed by atoms with E-state index in [0.29, 0.717) is 11.0 Å². The zero-order valence-corrected chi connectivity index (χ0v) is 19.5. The third kappa shape index (κ3) is 4.95. The highest BCUT2D eigenvalue weighted by Crippen LogP contribution is 2.40. The fourth-order valence-electron chi connectivity index (χ4n) is 3.68. The average Bonchev–Trinajstić information content (AvgIpc) is 2.78. The van der Waals surface area contributed by atoms with Crippen molar-refractivity contribution >= 4 is 26.9 Å². The van der Waals surface area contributed by atoms with Crippen LogP contribution in [0, 0.1) is 0 Å². The minimum atomic E-state index is -5.00. The van der Waals surface area contributed by atoms with Crippen LogP contribution < -0.4 is 15.1 Å². The van der Waals surface area contributed by atoms with Crippen molar-refractivity contribution in [1.29, 1.82) is 0 Å². The van der Waals surface area contributed by atoms with Gasteiger partial charge in [0.2, 0.25) is 11.2 Å². The van der Waals surface area contributed by atoms with Gasteiger partial charge in [0, 0.05) is 5.56 Å². The molecular weight excluding hydrogens is 515 g/mol. The van der Waals surface area contributed by atoms with Gasteiger partial charge in [-0.25, -0.2) is 0 Å². The molecule has 0 fully saturated rings. The van der Waals surface area contributed by atoms with Crippen LogP contribution in [-0.2, 0) is 19.3 Å². The van der Waals surface area contributed by atoms with Crippen molar-refractivity contribution in [3.8, 4) is 17.2 Å². The van der Waals surface area contributed by atoms with Gasteiger partial charge in [-0.15, -0.1) is 0 Å². The third-order valence-electron chi connectivity index (χ3n) is 5.23. The lowest BCUT2D eigenvalue weighted by Crippen LogP contribution is -3.06. The molecule has 2 N–H and O–H groups in total. The van der Waals surface area contributed by atoms with Crippen molar-refractivity contribution in [3.05, 3.63) is 98.3 Å². The second kappa shape index (κ2) is 9.52. The lowest BCUT2D eigenvalue weighted by molar-refractivity contribution is -0.907. The molecule has 4 rings (SSSR count). The van der Waals surface area contributed by atoms with Crippen LogP contribution in [0.25, 0.3) is 11.0 Å². The molecule has 0 amide bonds. The summed E-state index contributed by atoms with van der Waals surface area (Å²) in [4.78, 5) is 14.0. The molecule has 0 aliphatic carbocycles. The largest absolute Gasteiger partial charge is 0.507 e. The Labute approximate surface area is 201 Å². The smallest absolute Gasteiger partial charge is 0.453 e. The van der Waals surface area contributed by atoms with Crippen molar-refractivity contribution < 1.29 is 32.3 Å². The maximum Gasteiger partial charge on any atom is 0.453 e. The molecule has 0 aliphatic heterocycles. The molecule has 5 nitrogen and oxygen atoms in total. The monoisotopic (exact) mass is 534 g/mol. The number of aromatic hydroxyl groups is 1. The fourth-order valence-corrected chi connectivity index (χ4v) is 4.05. The van der Waals surface area contributed by atoms with Crippen molar-refractivity contribution in [2.45, 2.75) is 19.3 Å². The summed E-state index contributed by atoms with van der Waals surface area (Å²) in [6, 6.07) is 18.3. The number of hydrogen-bond donors (Lipinski definition) is 2. The van der Waals surface area contributed by atoms with Gasteiger partial charge < -0.3 is 19.2 Å². The van der Waals surface area contributed by atoms with E-state index in [1.54, 1.807) is 18.2 Å². The van der Waals surface area contributed by atoms with Crippen LogP contribution in [0.1, 0.15) is 16.9 Å². The van der Waals surface area contributed by atoms with E-state index >= 15 is 0 Å². The highest BCUT2D eigenvalue weighted by atomic mass is 79.9. The molecule has 0 saturated carbocycles. The molecule has 0 spiro atoms. The van der Waals surface area contributed by atoms with Gasteiger partial charge in [-0.05, 0) is 40.2 Å². The predicted molar refractivity (Wildman–Crippen MR) is 124 cm³/mol. The fraction of sp³-hybridized carbons (Fsp3) is 0.160. The Balaban J connectivity index is 1.83. The number of phenols is 1. The summed E-state index contributed by atoms with van der Waals surface area (Å²) in [7, 11) is 1.83. The first-order valence-electron chi connectivity index (χ1n) is 10.3. The Bertz CT molecular complexity index is 1390. The standard InChI is InChI=1S/C25H19BrF3NO4/c1-30(13-15-7-3-2-4-8-15)14-17-19(31)12-11-16-21(32)23(24(25(27,28)29)34-22(16)17)33-20-10-6-5-9-18(20)26/h2-12,31H,13-14H2,1H3/p+1. The molecule has 34 heavy (non-hydrogen) atoms. The van der Waals surface area contributed by atoms with Gasteiger partial charge in [-0.2, -0.15) is 13.2 Å². The van der Waals surface area contributed by atoms with Gasteiger partial charge >= 0.3 is 6.18 Å². The minimum Gasteiger partial charge on any atom is -0.507 e. The first-order valence-corrected chi connectivity index (χ1v) is 11.1. The van der Waals surface area contributed by atoms with Crippen molar-refractivity contribution in [2.75, 3.05) is 7.05 Å². The zero-order valence-electron chi connectivity index (χ0n) is 17.9. The number of phenolic OH excluding ortho intramolecular Hbond substituents is 1. The van der Waals surface area contributed by atoms with Crippen LogP contribution in [0.4, 0.5) is 13.2 Å². The number of halogens is 4. The van der Waals surface area contributed by atoms with Crippen LogP contribution in [0.3, 0.4) is 0 Å². The maximum atomic E-state index is 13.9. The second-order valence-electron chi connectivity index (χ2n) is 7.86. The molecule has 4 aromatic rings. The van der Waals surface area contributed by atoms with E-state index < -0.39 is 23.1 Å². The van der Waals surface area contributed by atoms with Gasteiger partial charge in [0.05, 0.1) is 22.5 Å². The molecule has 0 bridgehead atoms. The van der Waals surface area contributed by atoms with Gasteiger partial charge in [-0.1, -0.05) is 42.5 Å². The van der Waals surface area contributed by atoms with E-state index in [1.807, 2.05) is 37.4 Å². The predicted octanol–water partition coefficient (Wildman–Crippen LogP) is 5.29. The van der Waals surface area contributed by atoms with Crippen molar-refractivity contribution in [2.24, 2.45) is 0 Å². The van der Waals surface area contributed by atoms with E-state index in [2.05, 4.69) is 15.9 Å². The molecule has 9 heteroatoms. The molecule has 3 aromatic carbocycles. The summed E-state index contributed by atoms with van der Waals surface area (Å²) >= 11 is 3.20. The lowest BCUT2D eigenvalue weighted by atomic mass is 10.1. The van der Waals surface area contributed by atoms with Crippen LogP contribution in [0.15, 0.2) is 80.4 Å². The number of quaternary nitrogens is 1. The highest BCUT2D eigenvalue weighted by molar-refractivity contribution is 9.10. The molecule has 0 radical (unpaired) electrons. The number of nitrogens with one attached hydrogen (secondary N) is 1. The quantitative estimate of drug-likeness (QED) is 0.353. The van der Waals surface area contributed by atoms with Crippen LogP contribution in [0.2, 0.25) is 0 Å². The Morgan fingerprint density at radius 3 is 2.35 bits per heavy atom. The van der Waals surface area contributed by atoms with E-state index in [-0.39, 0.29) is 34.6 Å². The van der Waals surface area contributed by atoms with Gasteiger partial charge in [0.25, 0.3) is 5.76 Å². The molecule has 1 heterocycles. The van der Waals surface area contributed by atoms with E-state index in [9.17, 15) is 23.1 Å². The van der Waals surface area contributed by atoms with Crippen LogP contribution >= 0.6 is 15.9 Å². The lowest BCUT2D eigenvalue weighted by Gasteiger charge is -2.18. The van der Waals surface area contributed by atoms with Crippen LogP contribution in [-0.4, -0.2) is 12.2 Å². The number of rotatable bonds is 6. The SMILES string of the molecule is C[NH+](Cc1ccccc1)Cc1c(O)ccc2c(=O)c(Oc3ccccc3Br)c(C(F)(F)F)oc12.